The summed E-state index contributed by atoms with van der Waals surface area (Å²) in [5, 5.41) is 17.5. The summed E-state index contributed by atoms with van der Waals surface area (Å²) < 4.78 is 20.3. The predicted octanol–water partition coefficient (Wildman–Crippen LogP) is 4.09. The Morgan fingerprint density at radius 2 is 2.10 bits per heavy atom. The van der Waals surface area contributed by atoms with Gasteiger partial charge in [0.05, 0.1) is 28.1 Å². The minimum Gasteiger partial charge on any atom is -0.485 e. The van der Waals surface area contributed by atoms with Crippen molar-refractivity contribution >= 4 is 49.9 Å². The minimum absolute atomic E-state index is 0.0256. The lowest BCUT2D eigenvalue weighted by Gasteiger charge is -2.12. The number of hydrogen-bond donors (Lipinski definition) is 2. The number of aromatic nitrogens is 2. The van der Waals surface area contributed by atoms with Crippen LogP contribution in [-0.4, -0.2) is 34.0 Å². The van der Waals surface area contributed by atoms with E-state index in [-0.39, 0.29) is 47.9 Å². The highest BCUT2D eigenvalue weighted by atomic mass is 79.9. The van der Waals surface area contributed by atoms with E-state index in [1.54, 1.807) is 6.07 Å². The Hall–Kier alpha value is -3.34. The van der Waals surface area contributed by atoms with Crippen LogP contribution in [0.3, 0.4) is 0 Å². The number of nitrogens with one attached hydrogen (secondary N) is 2. The lowest BCUT2D eigenvalue weighted by atomic mass is 10.2. The zero-order valence-electron chi connectivity index (χ0n) is 16.1. The topological polar surface area (TPSA) is 119 Å². The number of benzene rings is 2. The lowest BCUT2D eigenvalue weighted by molar-refractivity contribution is -0.385. The summed E-state index contributed by atoms with van der Waals surface area (Å²) in [6.07, 6.45) is 3.05. The third-order valence-corrected chi connectivity index (χ3v) is 5.20. The molecule has 2 aromatic carbocycles. The molecule has 1 aliphatic carbocycles. The first kappa shape index (κ1) is 20.9. The van der Waals surface area contributed by atoms with E-state index in [1.807, 2.05) is 0 Å². The number of nitrogens with zero attached hydrogens (tertiary/aromatic N) is 3. The molecule has 1 amide bonds. The van der Waals surface area contributed by atoms with Crippen LogP contribution in [0.4, 0.5) is 21.6 Å². The van der Waals surface area contributed by atoms with Crippen molar-refractivity contribution in [3.05, 3.63) is 57.1 Å². The summed E-state index contributed by atoms with van der Waals surface area (Å²) in [7, 11) is 0. The van der Waals surface area contributed by atoms with Crippen LogP contribution in [0, 0.1) is 21.8 Å². The number of nitro groups is 1. The van der Waals surface area contributed by atoms with Crippen LogP contribution < -0.4 is 15.4 Å². The van der Waals surface area contributed by atoms with Crippen molar-refractivity contribution in [1.82, 2.24) is 15.3 Å². The number of ether oxygens (including phenoxy) is 1. The number of carbonyl (C=O) groups is 1. The second-order valence-electron chi connectivity index (χ2n) is 6.98. The van der Waals surface area contributed by atoms with E-state index in [9.17, 15) is 19.3 Å². The first-order chi connectivity index (χ1) is 14.9. The maximum absolute atomic E-state index is 14.2. The van der Waals surface area contributed by atoms with Gasteiger partial charge in [-0.2, -0.15) is 0 Å². The van der Waals surface area contributed by atoms with E-state index in [2.05, 4.69) is 36.5 Å². The van der Waals surface area contributed by atoms with E-state index >= 15 is 0 Å². The second kappa shape index (κ2) is 8.80. The highest BCUT2D eigenvalue weighted by Gasteiger charge is 2.29. The van der Waals surface area contributed by atoms with Crippen LogP contribution in [-0.2, 0) is 4.79 Å². The molecule has 0 radical (unpaired) electrons. The molecule has 160 valence electrons. The quantitative estimate of drug-likeness (QED) is 0.277. The molecule has 31 heavy (non-hydrogen) atoms. The van der Waals surface area contributed by atoms with E-state index in [4.69, 9.17) is 4.74 Å². The molecule has 3 aromatic rings. The largest absolute Gasteiger partial charge is 0.485 e. The van der Waals surface area contributed by atoms with Gasteiger partial charge in [0.2, 0.25) is 5.91 Å². The zero-order valence-corrected chi connectivity index (χ0v) is 17.7. The molecule has 11 heteroatoms. The van der Waals surface area contributed by atoms with Crippen molar-refractivity contribution in [2.75, 3.05) is 18.5 Å². The number of fused-ring (bicyclic) bond motifs is 1. The third kappa shape index (κ3) is 4.88. The van der Waals surface area contributed by atoms with Crippen molar-refractivity contribution in [2.45, 2.75) is 12.8 Å². The molecule has 0 spiro atoms. The fraction of sp³-hybridized carbons (Fsp3) is 0.250. The van der Waals surface area contributed by atoms with Gasteiger partial charge >= 0.3 is 5.69 Å². The zero-order chi connectivity index (χ0) is 22.0. The normalized spacial score (nSPS) is 13.1. The maximum atomic E-state index is 14.2. The summed E-state index contributed by atoms with van der Waals surface area (Å²) in [5.74, 6) is -0.215. The molecule has 0 unspecified atom stereocenters. The molecule has 1 aliphatic rings. The number of amides is 1. The van der Waals surface area contributed by atoms with Gasteiger partial charge in [-0.1, -0.05) is 15.9 Å². The van der Waals surface area contributed by atoms with Crippen molar-refractivity contribution in [3.8, 4) is 5.75 Å². The average molecular weight is 490 g/mol. The van der Waals surface area contributed by atoms with E-state index in [0.29, 0.717) is 15.4 Å². The van der Waals surface area contributed by atoms with Gasteiger partial charge in [0.15, 0.2) is 5.75 Å². The van der Waals surface area contributed by atoms with Crippen molar-refractivity contribution in [1.29, 1.82) is 0 Å². The first-order valence-corrected chi connectivity index (χ1v) is 10.3. The van der Waals surface area contributed by atoms with Gasteiger partial charge in [-0.15, -0.1) is 0 Å². The Balaban J connectivity index is 1.58. The smallest absolute Gasteiger partial charge is 0.311 e. The molecule has 9 nitrogen and oxygen atoms in total. The van der Waals surface area contributed by atoms with Crippen LogP contribution in [0.5, 0.6) is 5.75 Å². The fourth-order valence-electron chi connectivity index (χ4n) is 2.97. The predicted molar refractivity (Wildman–Crippen MR) is 115 cm³/mol. The highest BCUT2D eigenvalue weighted by molar-refractivity contribution is 9.10. The van der Waals surface area contributed by atoms with Gasteiger partial charge in [-0.3, -0.25) is 14.9 Å². The van der Waals surface area contributed by atoms with E-state index < -0.39 is 10.7 Å². The standard InChI is InChI=1S/C20H17BrFN5O4/c21-12-3-4-15(14(22)7-12)26-19-13-8-17(27(29)30)18(9-16(13)24-10-25-19)31-6-5-23-20(28)11-1-2-11/h3-4,7-11H,1-2,5-6H2,(H,23,28)(H,24,25,26). The van der Waals surface area contributed by atoms with Crippen molar-refractivity contribution in [3.63, 3.8) is 0 Å². The summed E-state index contributed by atoms with van der Waals surface area (Å²) in [5.41, 5.74) is 0.269. The van der Waals surface area contributed by atoms with Gasteiger partial charge in [0.1, 0.15) is 24.6 Å². The molecule has 1 fully saturated rings. The Morgan fingerprint density at radius 1 is 1.29 bits per heavy atom. The maximum Gasteiger partial charge on any atom is 0.311 e. The molecule has 1 aromatic heterocycles. The Kier molecular flexibility index (Phi) is 5.94. The van der Waals surface area contributed by atoms with Crippen LogP contribution in [0.1, 0.15) is 12.8 Å². The van der Waals surface area contributed by atoms with Crippen LogP contribution in [0.15, 0.2) is 41.1 Å². The molecule has 1 heterocycles. The van der Waals surface area contributed by atoms with Crippen LogP contribution >= 0.6 is 15.9 Å². The van der Waals surface area contributed by atoms with Crippen molar-refractivity contribution in [2.24, 2.45) is 5.92 Å². The van der Waals surface area contributed by atoms with Gasteiger partial charge in [0.25, 0.3) is 0 Å². The van der Waals surface area contributed by atoms with Crippen molar-refractivity contribution < 1.29 is 18.8 Å². The molecule has 2 N–H and O–H groups in total. The summed E-state index contributed by atoms with van der Waals surface area (Å²) in [6, 6.07) is 7.19. The van der Waals surface area contributed by atoms with E-state index in [0.717, 1.165) is 12.8 Å². The summed E-state index contributed by atoms with van der Waals surface area (Å²) >= 11 is 3.19. The SMILES string of the molecule is O=C(NCCOc1cc2ncnc(Nc3ccc(Br)cc3F)c2cc1[N+](=O)[O-])C1CC1. The monoisotopic (exact) mass is 489 g/mol. The molecular formula is C20H17BrFN5O4. The number of anilines is 2. The Bertz CT molecular complexity index is 1170. The number of nitro benzene ring substituents is 1. The number of halogens is 2. The van der Waals surface area contributed by atoms with E-state index in [1.165, 1.54) is 30.6 Å². The molecular weight excluding hydrogens is 473 g/mol. The lowest BCUT2D eigenvalue weighted by Crippen LogP contribution is -2.29. The number of carbonyl (C=O) groups excluding carboxylic acids is 1. The molecule has 4 rings (SSSR count). The Labute approximate surface area is 184 Å². The molecule has 0 bridgehead atoms. The van der Waals surface area contributed by atoms with Crippen LogP contribution in [0.25, 0.3) is 10.9 Å². The van der Waals surface area contributed by atoms with Gasteiger partial charge in [-0.25, -0.2) is 14.4 Å². The molecule has 1 saturated carbocycles. The summed E-state index contributed by atoms with van der Waals surface area (Å²) in [4.78, 5) is 30.9. The third-order valence-electron chi connectivity index (χ3n) is 4.70. The second-order valence-corrected chi connectivity index (χ2v) is 7.90. The average Bonchev–Trinajstić information content (AvgIpc) is 3.58. The van der Waals surface area contributed by atoms with Crippen LogP contribution in [0.2, 0.25) is 0 Å². The molecule has 0 aliphatic heterocycles. The molecule has 0 saturated heterocycles. The number of hydrogen-bond acceptors (Lipinski definition) is 7. The Morgan fingerprint density at radius 3 is 2.81 bits per heavy atom. The first-order valence-electron chi connectivity index (χ1n) is 9.48. The van der Waals surface area contributed by atoms with Gasteiger partial charge in [-0.05, 0) is 31.0 Å². The van der Waals surface area contributed by atoms with Gasteiger partial charge in [0, 0.05) is 22.5 Å². The fourth-order valence-corrected chi connectivity index (χ4v) is 3.31. The minimum atomic E-state index is -0.575. The van der Waals surface area contributed by atoms with Gasteiger partial charge < -0.3 is 15.4 Å². The number of rotatable bonds is 8. The highest BCUT2D eigenvalue weighted by Crippen LogP contribution is 2.35. The molecule has 0 atom stereocenters. The summed E-state index contributed by atoms with van der Waals surface area (Å²) in [6.45, 7) is 0.315.